The Morgan fingerprint density at radius 1 is 1.27 bits per heavy atom. The van der Waals surface area contributed by atoms with Gasteiger partial charge >= 0.3 is 7.12 Å². The zero-order chi connectivity index (χ0) is 10.4. The minimum Gasteiger partial charge on any atom is -0.486 e. The van der Waals surface area contributed by atoms with Gasteiger partial charge in [0.1, 0.15) is 13.2 Å². The molecule has 1 atom stereocenters. The number of ether oxygens (including phenoxy) is 2. The first-order valence-electron chi connectivity index (χ1n) is 5.02. The molecule has 0 aromatic heterocycles. The van der Waals surface area contributed by atoms with E-state index in [4.69, 9.17) is 14.1 Å². The highest BCUT2D eigenvalue weighted by Crippen LogP contribution is 2.34. The number of rotatable bonds is 0. The van der Waals surface area contributed by atoms with E-state index in [-0.39, 0.29) is 6.10 Å². The van der Waals surface area contributed by atoms with Crippen molar-refractivity contribution in [3.8, 4) is 11.5 Å². The fourth-order valence-corrected chi connectivity index (χ4v) is 2.03. The van der Waals surface area contributed by atoms with E-state index in [0.717, 1.165) is 16.8 Å². The molecule has 15 heavy (non-hydrogen) atoms. The quantitative estimate of drug-likeness (QED) is 0.617. The summed E-state index contributed by atoms with van der Waals surface area (Å²) in [5, 5.41) is 9.63. The lowest BCUT2D eigenvalue weighted by Gasteiger charge is -2.19. The van der Waals surface area contributed by atoms with E-state index in [2.05, 4.69) is 0 Å². The highest BCUT2D eigenvalue weighted by molar-refractivity contribution is 6.61. The first-order chi connectivity index (χ1) is 7.25. The van der Waals surface area contributed by atoms with Crippen LogP contribution in [0.1, 0.15) is 18.6 Å². The van der Waals surface area contributed by atoms with Gasteiger partial charge in [0.2, 0.25) is 0 Å². The standard InChI is InChI=1S/C10H11BO4/c1-6-7-4-9-10(14-3-2-13-9)5-8(7)11(12)15-6/h4-6,12H,2-3H2,1H3. The fraction of sp³-hybridized carbons (Fsp3) is 0.400. The molecular formula is C10H11BO4. The van der Waals surface area contributed by atoms with Crippen LogP contribution in [0.3, 0.4) is 0 Å². The van der Waals surface area contributed by atoms with Crippen molar-refractivity contribution in [3.63, 3.8) is 0 Å². The molecule has 0 aliphatic carbocycles. The topological polar surface area (TPSA) is 47.9 Å². The summed E-state index contributed by atoms with van der Waals surface area (Å²) in [5.41, 5.74) is 1.76. The van der Waals surface area contributed by atoms with E-state index < -0.39 is 7.12 Å². The lowest BCUT2D eigenvalue weighted by molar-refractivity contribution is 0.171. The molecule has 2 aliphatic heterocycles. The Kier molecular flexibility index (Phi) is 1.90. The maximum Gasteiger partial charge on any atom is 0.492 e. The van der Waals surface area contributed by atoms with E-state index in [9.17, 15) is 5.02 Å². The largest absolute Gasteiger partial charge is 0.492 e. The summed E-state index contributed by atoms with van der Waals surface area (Å²) in [6.07, 6.45) is -0.0918. The molecule has 4 nitrogen and oxygen atoms in total. The Balaban J connectivity index is 2.12. The molecule has 1 unspecified atom stereocenters. The van der Waals surface area contributed by atoms with Gasteiger partial charge in [-0.05, 0) is 30.1 Å². The summed E-state index contributed by atoms with van der Waals surface area (Å²) in [4.78, 5) is 0. The molecule has 3 rings (SSSR count). The molecule has 0 bridgehead atoms. The van der Waals surface area contributed by atoms with Crippen LogP contribution < -0.4 is 14.9 Å². The van der Waals surface area contributed by atoms with Gasteiger partial charge in [0.25, 0.3) is 0 Å². The van der Waals surface area contributed by atoms with Crippen molar-refractivity contribution in [1.29, 1.82) is 0 Å². The van der Waals surface area contributed by atoms with E-state index in [0.29, 0.717) is 19.0 Å². The van der Waals surface area contributed by atoms with Crippen LogP contribution >= 0.6 is 0 Å². The number of fused-ring (bicyclic) bond motifs is 2. The molecule has 0 saturated heterocycles. The van der Waals surface area contributed by atoms with Crippen molar-refractivity contribution < 1.29 is 19.2 Å². The zero-order valence-electron chi connectivity index (χ0n) is 8.40. The van der Waals surface area contributed by atoms with Crippen molar-refractivity contribution in [2.45, 2.75) is 13.0 Å². The van der Waals surface area contributed by atoms with Crippen molar-refractivity contribution in [3.05, 3.63) is 17.7 Å². The van der Waals surface area contributed by atoms with E-state index >= 15 is 0 Å². The molecule has 0 amide bonds. The average Bonchev–Trinajstić information content (AvgIpc) is 2.52. The third-order valence-electron chi connectivity index (χ3n) is 2.78. The first kappa shape index (κ1) is 9.06. The molecule has 1 N–H and O–H groups in total. The van der Waals surface area contributed by atoms with Gasteiger partial charge in [-0.1, -0.05) is 0 Å². The average molecular weight is 206 g/mol. The highest BCUT2D eigenvalue weighted by Gasteiger charge is 2.34. The van der Waals surface area contributed by atoms with Gasteiger partial charge in [0, 0.05) is 0 Å². The molecule has 2 aliphatic rings. The van der Waals surface area contributed by atoms with Gasteiger partial charge in [0.15, 0.2) is 11.5 Å². The zero-order valence-corrected chi connectivity index (χ0v) is 8.40. The molecule has 1 aromatic carbocycles. The number of benzene rings is 1. The summed E-state index contributed by atoms with van der Waals surface area (Å²) >= 11 is 0. The maximum atomic E-state index is 9.63. The normalized spacial score (nSPS) is 22.8. The Morgan fingerprint density at radius 2 is 1.93 bits per heavy atom. The highest BCUT2D eigenvalue weighted by atomic mass is 16.6. The SMILES string of the molecule is CC1OB(O)c2cc3c(cc21)OCCO3. The van der Waals surface area contributed by atoms with Gasteiger partial charge < -0.3 is 19.2 Å². The van der Waals surface area contributed by atoms with E-state index in [1.807, 2.05) is 13.0 Å². The third kappa shape index (κ3) is 1.31. The van der Waals surface area contributed by atoms with Crippen molar-refractivity contribution in [1.82, 2.24) is 0 Å². The molecule has 0 fully saturated rings. The number of hydrogen-bond donors (Lipinski definition) is 1. The van der Waals surface area contributed by atoms with Crippen LogP contribution in [-0.4, -0.2) is 25.4 Å². The van der Waals surface area contributed by atoms with Crippen LogP contribution in [0.5, 0.6) is 11.5 Å². The Hall–Kier alpha value is -1.20. The van der Waals surface area contributed by atoms with Crippen molar-refractivity contribution in [2.75, 3.05) is 13.2 Å². The second-order valence-corrected chi connectivity index (χ2v) is 3.76. The van der Waals surface area contributed by atoms with Crippen LogP contribution in [0.4, 0.5) is 0 Å². The third-order valence-corrected chi connectivity index (χ3v) is 2.78. The summed E-state index contributed by atoms with van der Waals surface area (Å²) in [6, 6.07) is 3.70. The minimum atomic E-state index is -0.842. The first-order valence-corrected chi connectivity index (χ1v) is 5.02. The van der Waals surface area contributed by atoms with Gasteiger partial charge in [0.05, 0.1) is 6.10 Å². The predicted octanol–water partition coefficient (Wildman–Crippen LogP) is 0.236. The molecule has 1 aromatic rings. The molecule has 2 heterocycles. The molecule has 0 saturated carbocycles. The molecular weight excluding hydrogens is 195 g/mol. The smallest absolute Gasteiger partial charge is 0.486 e. The van der Waals surface area contributed by atoms with Gasteiger partial charge in [-0.15, -0.1) is 0 Å². The molecule has 78 valence electrons. The predicted molar refractivity (Wildman–Crippen MR) is 54.5 cm³/mol. The van der Waals surface area contributed by atoms with E-state index in [1.165, 1.54) is 0 Å². The van der Waals surface area contributed by atoms with Gasteiger partial charge in [-0.2, -0.15) is 0 Å². The van der Waals surface area contributed by atoms with Crippen molar-refractivity contribution in [2.24, 2.45) is 0 Å². The Bertz CT molecular complexity index is 370. The monoisotopic (exact) mass is 206 g/mol. The van der Waals surface area contributed by atoms with Crippen LogP contribution in [-0.2, 0) is 4.65 Å². The second-order valence-electron chi connectivity index (χ2n) is 3.76. The lowest BCUT2D eigenvalue weighted by Crippen LogP contribution is -2.29. The Labute approximate surface area is 87.9 Å². The summed E-state index contributed by atoms with van der Waals surface area (Å²) in [6.45, 7) is 3.03. The van der Waals surface area contributed by atoms with Crippen LogP contribution in [0, 0.1) is 0 Å². The van der Waals surface area contributed by atoms with Crippen LogP contribution in [0.25, 0.3) is 0 Å². The fourth-order valence-electron chi connectivity index (χ4n) is 2.03. The van der Waals surface area contributed by atoms with Crippen LogP contribution in [0.2, 0.25) is 0 Å². The minimum absolute atomic E-state index is 0.0918. The lowest BCUT2D eigenvalue weighted by atomic mass is 9.79. The van der Waals surface area contributed by atoms with Crippen molar-refractivity contribution >= 4 is 12.6 Å². The van der Waals surface area contributed by atoms with Gasteiger partial charge in [-0.25, -0.2) is 0 Å². The Morgan fingerprint density at radius 3 is 2.67 bits per heavy atom. The molecule has 0 radical (unpaired) electrons. The maximum absolute atomic E-state index is 9.63. The molecule has 0 spiro atoms. The summed E-state index contributed by atoms with van der Waals surface area (Å²) in [7, 11) is -0.842. The summed E-state index contributed by atoms with van der Waals surface area (Å²) < 4.78 is 16.2. The second kappa shape index (κ2) is 3.15. The van der Waals surface area contributed by atoms with E-state index in [1.54, 1.807) is 6.07 Å². The molecule has 5 heteroatoms. The van der Waals surface area contributed by atoms with Crippen LogP contribution in [0.15, 0.2) is 12.1 Å². The number of hydrogen-bond acceptors (Lipinski definition) is 4. The van der Waals surface area contributed by atoms with Gasteiger partial charge in [-0.3, -0.25) is 0 Å². The summed E-state index contributed by atoms with van der Waals surface area (Å²) in [5.74, 6) is 1.43.